The molecule has 0 aliphatic heterocycles. The summed E-state index contributed by atoms with van der Waals surface area (Å²) in [4.78, 5) is 30.2. The molecule has 1 aliphatic carbocycles. The molecule has 1 amide bonds. The lowest BCUT2D eigenvalue weighted by atomic mass is 10.1. The third kappa shape index (κ3) is 4.74. The number of carbonyl (C=O) groups excluding carboxylic acids is 2. The topological polar surface area (TPSA) is 67.9 Å². The van der Waals surface area contributed by atoms with E-state index < -0.39 is 11.8 Å². The molecule has 0 spiro atoms. The maximum atomic E-state index is 13.8. The fourth-order valence-electron chi connectivity index (χ4n) is 3.63. The summed E-state index contributed by atoms with van der Waals surface area (Å²) in [6, 6.07) is 11.5. The van der Waals surface area contributed by atoms with E-state index in [1.54, 1.807) is 24.3 Å². The molecule has 0 atom stereocenters. The number of nitrogens with one attached hydrogen (secondary N) is 1. The second-order valence-corrected chi connectivity index (χ2v) is 6.96. The van der Waals surface area contributed by atoms with E-state index in [0.29, 0.717) is 23.4 Å². The molecule has 1 fully saturated rings. The molecule has 1 N–H and O–H groups in total. The fourth-order valence-corrected chi connectivity index (χ4v) is 3.63. The quantitative estimate of drug-likeness (QED) is 0.558. The number of anilines is 1. The Morgan fingerprint density at radius 2 is 1.83 bits per heavy atom. The Bertz CT molecular complexity index is 881. The van der Waals surface area contributed by atoms with E-state index >= 15 is 0 Å². The van der Waals surface area contributed by atoms with E-state index in [2.05, 4.69) is 10.1 Å². The van der Waals surface area contributed by atoms with Crippen LogP contribution in [0.2, 0.25) is 0 Å². The van der Waals surface area contributed by atoms with E-state index in [4.69, 9.17) is 4.84 Å². The number of halogens is 1. The standard InChI is InChI=1S/C22H25FN2O4/c1-28-22(27)18-13-15(11-12-19(18)23)14-24-20-10-6-5-9-17(20)21(26)25(29-2)16-7-3-4-8-16/h5-6,9-13,16,24H,3-4,7-8,14H2,1-2H3. The van der Waals surface area contributed by atoms with Crippen LogP contribution in [0.15, 0.2) is 42.5 Å². The highest BCUT2D eigenvalue weighted by atomic mass is 19.1. The molecular formula is C22H25FN2O4. The Labute approximate surface area is 169 Å². The van der Waals surface area contributed by atoms with Crippen LogP contribution in [0, 0.1) is 5.82 Å². The van der Waals surface area contributed by atoms with Crippen molar-refractivity contribution >= 4 is 17.6 Å². The minimum absolute atomic E-state index is 0.0836. The van der Waals surface area contributed by atoms with Crippen molar-refractivity contribution < 1.29 is 23.6 Å². The van der Waals surface area contributed by atoms with Gasteiger partial charge in [0.1, 0.15) is 5.82 Å². The van der Waals surface area contributed by atoms with Gasteiger partial charge in [0.05, 0.1) is 31.4 Å². The Kier molecular flexibility index (Phi) is 6.82. The number of amides is 1. The normalized spacial score (nSPS) is 13.9. The van der Waals surface area contributed by atoms with Gasteiger partial charge in [-0.2, -0.15) is 0 Å². The first-order chi connectivity index (χ1) is 14.0. The minimum Gasteiger partial charge on any atom is -0.465 e. The third-order valence-electron chi connectivity index (χ3n) is 5.13. The molecule has 1 aliphatic rings. The number of methoxy groups -OCH3 is 1. The first kappa shape index (κ1) is 20.8. The lowest BCUT2D eigenvalue weighted by molar-refractivity contribution is -0.121. The van der Waals surface area contributed by atoms with Crippen molar-refractivity contribution in [3.05, 3.63) is 65.0 Å². The molecule has 0 unspecified atom stereocenters. The summed E-state index contributed by atoms with van der Waals surface area (Å²) in [7, 11) is 2.72. The zero-order valence-electron chi connectivity index (χ0n) is 16.6. The van der Waals surface area contributed by atoms with Gasteiger partial charge in [0, 0.05) is 12.2 Å². The molecule has 0 heterocycles. The minimum atomic E-state index is -0.729. The predicted octanol–water partition coefficient (Wildman–Crippen LogP) is 4.17. The number of para-hydroxylation sites is 1. The molecule has 0 saturated heterocycles. The Morgan fingerprint density at radius 1 is 1.10 bits per heavy atom. The Balaban J connectivity index is 1.77. The van der Waals surface area contributed by atoms with E-state index in [0.717, 1.165) is 25.7 Å². The number of hydrogen-bond donors (Lipinski definition) is 1. The molecule has 29 heavy (non-hydrogen) atoms. The van der Waals surface area contributed by atoms with Crippen LogP contribution >= 0.6 is 0 Å². The molecule has 3 rings (SSSR count). The SMILES string of the molecule is COC(=O)c1cc(CNc2ccccc2C(=O)N(OC)C2CCCC2)ccc1F. The van der Waals surface area contributed by atoms with Crippen molar-refractivity contribution in [2.24, 2.45) is 0 Å². The molecular weight excluding hydrogens is 375 g/mol. The first-order valence-electron chi connectivity index (χ1n) is 9.62. The van der Waals surface area contributed by atoms with E-state index in [1.807, 2.05) is 6.07 Å². The number of hydrogen-bond acceptors (Lipinski definition) is 5. The van der Waals surface area contributed by atoms with Crippen LogP contribution in [0.1, 0.15) is 52.0 Å². The van der Waals surface area contributed by atoms with Gasteiger partial charge >= 0.3 is 5.97 Å². The molecule has 0 bridgehead atoms. The van der Waals surface area contributed by atoms with Gasteiger partial charge < -0.3 is 10.1 Å². The summed E-state index contributed by atoms with van der Waals surface area (Å²) in [5, 5.41) is 4.67. The number of hydroxylamine groups is 2. The lowest BCUT2D eigenvalue weighted by Crippen LogP contribution is -2.38. The zero-order chi connectivity index (χ0) is 20.8. The highest BCUT2D eigenvalue weighted by Gasteiger charge is 2.29. The van der Waals surface area contributed by atoms with E-state index in [1.165, 1.54) is 31.4 Å². The molecule has 0 aromatic heterocycles. The number of rotatable bonds is 7. The van der Waals surface area contributed by atoms with Crippen molar-refractivity contribution in [2.75, 3.05) is 19.5 Å². The summed E-state index contributed by atoms with van der Waals surface area (Å²) < 4.78 is 18.4. The van der Waals surface area contributed by atoms with Crippen LogP contribution in [-0.4, -0.2) is 37.2 Å². The average Bonchev–Trinajstić information content (AvgIpc) is 3.27. The van der Waals surface area contributed by atoms with Crippen LogP contribution in [-0.2, 0) is 16.1 Å². The van der Waals surface area contributed by atoms with Gasteiger partial charge in [-0.25, -0.2) is 14.2 Å². The molecule has 154 valence electrons. The van der Waals surface area contributed by atoms with Gasteiger partial charge in [0.2, 0.25) is 0 Å². The fraction of sp³-hybridized carbons (Fsp3) is 0.364. The highest BCUT2D eigenvalue weighted by molar-refractivity contribution is 5.99. The van der Waals surface area contributed by atoms with Crippen LogP contribution in [0.25, 0.3) is 0 Å². The van der Waals surface area contributed by atoms with Crippen LogP contribution < -0.4 is 5.32 Å². The number of nitrogens with zero attached hydrogens (tertiary/aromatic N) is 1. The van der Waals surface area contributed by atoms with Crippen molar-refractivity contribution in [3.8, 4) is 0 Å². The monoisotopic (exact) mass is 400 g/mol. The largest absolute Gasteiger partial charge is 0.465 e. The number of benzene rings is 2. The van der Waals surface area contributed by atoms with Gasteiger partial charge in [-0.05, 0) is 42.7 Å². The van der Waals surface area contributed by atoms with Gasteiger partial charge in [0.15, 0.2) is 0 Å². The molecule has 7 heteroatoms. The van der Waals surface area contributed by atoms with Crippen LogP contribution in [0.4, 0.5) is 10.1 Å². The lowest BCUT2D eigenvalue weighted by Gasteiger charge is -2.27. The maximum absolute atomic E-state index is 13.8. The third-order valence-corrected chi connectivity index (χ3v) is 5.13. The van der Waals surface area contributed by atoms with Gasteiger partial charge in [-0.1, -0.05) is 31.0 Å². The Hall–Kier alpha value is -2.93. The van der Waals surface area contributed by atoms with Gasteiger partial charge in [-0.15, -0.1) is 0 Å². The summed E-state index contributed by atoms with van der Waals surface area (Å²) in [5.41, 5.74) is 1.70. The summed E-state index contributed by atoms with van der Waals surface area (Å²) in [6.07, 6.45) is 4.04. The average molecular weight is 400 g/mol. The Morgan fingerprint density at radius 3 is 2.52 bits per heavy atom. The summed E-state index contributed by atoms with van der Waals surface area (Å²) >= 11 is 0. The van der Waals surface area contributed by atoms with Crippen LogP contribution in [0.5, 0.6) is 0 Å². The molecule has 0 radical (unpaired) electrons. The smallest absolute Gasteiger partial charge is 0.340 e. The first-order valence-corrected chi connectivity index (χ1v) is 9.62. The number of ether oxygens (including phenoxy) is 1. The summed E-state index contributed by atoms with van der Waals surface area (Å²) in [6.45, 7) is 0.310. The van der Waals surface area contributed by atoms with Crippen molar-refractivity contribution in [1.82, 2.24) is 5.06 Å². The second-order valence-electron chi connectivity index (χ2n) is 6.96. The number of esters is 1. The van der Waals surface area contributed by atoms with Crippen molar-refractivity contribution in [1.29, 1.82) is 0 Å². The van der Waals surface area contributed by atoms with Crippen LogP contribution in [0.3, 0.4) is 0 Å². The molecule has 6 nitrogen and oxygen atoms in total. The van der Waals surface area contributed by atoms with Crippen molar-refractivity contribution in [2.45, 2.75) is 38.3 Å². The number of carbonyl (C=O) groups is 2. The summed E-state index contributed by atoms with van der Waals surface area (Å²) in [5.74, 6) is -1.56. The van der Waals surface area contributed by atoms with Gasteiger partial charge in [0.25, 0.3) is 5.91 Å². The molecule has 2 aromatic rings. The van der Waals surface area contributed by atoms with E-state index in [9.17, 15) is 14.0 Å². The molecule has 2 aromatic carbocycles. The maximum Gasteiger partial charge on any atom is 0.340 e. The second kappa shape index (κ2) is 9.52. The predicted molar refractivity (Wildman–Crippen MR) is 107 cm³/mol. The van der Waals surface area contributed by atoms with Gasteiger partial charge in [-0.3, -0.25) is 9.63 Å². The highest BCUT2D eigenvalue weighted by Crippen LogP contribution is 2.27. The van der Waals surface area contributed by atoms with E-state index in [-0.39, 0.29) is 17.5 Å². The molecule has 1 saturated carbocycles. The van der Waals surface area contributed by atoms with Crippen molar-refractivity contribution in [3.63, 3.8) is 0 Å². The zero-order valence-corrected chi connectivity index (χ0v) is 16.6.